The van der Waals surface area contributed by atoms with Crippen molar-refractivity contribution in [2.75, 3.05) is 18.5 Å². The molecule has 0 unspecified atom stereocenters. The first-order valence-electron chi connectivity index (χ1n) is 5.35. The summed E-state index contributed by atoms with van der Waals surface area (Å²) >= 11 is 0. The van der Waals surface area contributed by atoms with Gasteiger partial charge in [-0.2, -0.15) is 0 Å². The number of hydrogen-bond acceptors (Lipinski definition) is 2. The van der Waals surface area contributed by atoms with Crippen LogP contribution in [0.5, 0.6) is 0 Å². The van der Waals surface area contributed by atoms with Crippen LogP contribution in [-0.2, 0) is 16.6 Å². The van der Waals surface area contributed by atoms with Crippen molar-refractivity contribution in [1.29, 1.82) is 0 Å². The van der Waals surface area contributed by atoms with Gasteiger partial charge in [-0.1, -0.05) is 12.1 Å². The SMILES string of the molecule is CN1CCc2cc(C(C)(C)C=O)ccc21. The lowest BCUT2D eigenvalue weighted by Crippen LogP contribution is -2.18. The van der Waals surface area contributed by atoms with E-state index in [0.29, 0.717) is 0 Å². The minimum absolute atomic E-state index is 0.365. The molecule has 0 spiro atoms. The normalized spacial score (nSPS) is 15.3. The summed E-state index contributed by atoms with van der Waals surface area (Å²) in [6.45, 7) is 5.00. The number of fused-ring (bicyclic) bond motifs is 1. The molecule has 1 aromatic carbocycles. The molecule has 0 saturated carbocycles. The van der Waals surface area contributed by atoms with E-state index in [9.17, 15) is 4.79 Å². The molecule has 2 nitrogen and oxygen atoms in total. The molecule has 0 N–H and O–H groups in total. The summed E-state index contributed by atoms with van der Waals surface area (Å²) in [5.74, 6) is 0. The Morgan fingerprint density at radius 1 is 1.40 bits per heavy atom. The monoisotopic (exact) mass is 203 g/mol. The topological polar surface area (TPSA) is 20.3 Å². The van der Waals surface area contributed by atoms with Gasteiger partial charge < -0.3 is 9.69 Å². The lowest BCUT2D eigenvalue weighted by molar-refractivity contribution is -0.111. The van der Waals surface area contributed by atoms with Crippen LogP contribution < -0.4 is 4.90 Å². The second-order valence-corrected chi connectivity index (χ2v) is 4.85. The fourth-order valence-electron chi connectivity index (χ4n) is 2.04. The van der Waals surface area contributed by atoms with Crippen LogP contribution in [0.25, 0.3) is 0 Å². The molecule has 1 aromatic rings. The first-order valence-corrected chi connectivity index (χ1v) is 5.35. The fourth-order valence-corrected chi connectivity index (χ4v) is 2.04. The molecule has 15 heavy (non-hydrogen) atoms. The molecule has 0 fully saturated rings. The zero-order chi connectivity index (χ0) is 11.1. The minimum atomic E-state index is -0.365. The van der Waals surface area contributed by atoms with Crippen molar-refractivity contribution in [3.63, 3.8) is 0 Å². The maximum absolute atomic E-state index is 11.0. The van der Waals surface area contributed by atoms with Gasteiger partial charge in [-0.05, 0) is 37.5 Å². The maximum Gasteiger partial charge on any atom is 0.129 e. The molecule has 0 saturated heterocycles. The average Bonchev–Trinajstić information content (AvgIpc) is 2.60. The van der Waals surface area contributed by atoms with E-state index in [-0.39, 0.29) is 5.41 Å². The van der Waals surface area contributed by atoms with Crippen LogP contribution in [0.15, 0.2) is 18.2 Å². The molecule has 1 heterocycles. The highest BCUT2D eigenvalue weighted by Crippen LogP contribution is 2.31. The Labute approximate surface area is 90.9 Å². The molecule has 80 valence electrons. The van der Waals surface area contributed by atoms with E-state index >= 15 is 0 Å². The van der Waals surface area contributed by atoms with Crippen molar-refractivity contribution in [3.8, 4) is 0 Å². The van der Waals surface area contributed by atoms with Gasteiger partial charge in [0, 0.05) is 24.7 Å². The molecule has 1 aliphatic rings. The van der Waals surface area contributed by atoms with Crippen molar-refractivity contribution in [3.05, 3.63) is 29.3 Å². The Morgan fingerprint density at radius 2 is 2.13 bits per heavy atom. The van der Waals surface area contributed by atoms with Crippen LogP contribution in [-0.4, -0.2) is 19.9 Å². The Balaban J connectivity index is 2.43. The lowest BCUT2D eigenvalue weighted by atomic mass is 9.85. The summed E-state index contributed by atoms with van der Waals surface area (Å²) in [7, 11) is 2.11. The van der Waals surface area contributed by atoms with Gasteiger partial charge in [0.15, 0.2) is 0 Å². The molecule has 0 radical (unpaired) electrons. The zero-order valence-corrected chi connectivity index (χ0v) is 9.58. The summed E-state index contributed by atoms with van der Waals surface area (Å²) in [5.41, 5.74) is 3.42. The molecular weight excluding hydrogens is 186 g/mol. The summed E-state index contributed by atoms with van der Waals surface area (Å²) in [5, 5.41) is 0. The maximum atomic E-state index is 11.0. The van der Waals surface area contributed by atoms with Crippen LogP contribution in [0.2, 0.25) is 0 Å². The first-order chi connectivity index (χ1) is 7.04. The average molecular weight is 203 g/mol. The third-order valence-electron chi connectivity index (χ3n) is 3.25. The van der Waals surface area contributed by atoms with E-state index in [1.54, 1.807) is 0 Å². The first kappa shape index (κ1) is 10.2. The van der Waals surface area contributed by atoms with E-state index in [1.807, 2.05) is 13.8 Å². The largest absolute Gasteiger partial charge is 0.374 e. The second-order valence-electron chi connectivity index (χ2n) is 4.85. The highest BCUT2D eigenvalue weighted by molar-refractivity contribution is 5.69. The zero-order valence-electron chi connectivity index (χ0n) is 9.58. The Hall–Kier alpha value is -1.31. The summed E-state index contributed by atoms with van der Waals surface area (Å²) in [6.07, 6.45) is 2.11. The van der Waals surface area contributed by atoms with Gasteiger partial charge in [0.25, 0.3) is 0 Å². The van der Waals surface area contributed by atoms with E-state index in [2.05, 4.69) is 30.1 Å². The molecule has 0 atom stereocenters. The molecular formula is C13H17NO. The van der Waals surface area contributed by atoms with Gasteiger partial charge in [0.2, 0.25) is 0 Å². The van der Waals surface area contributed by atoms with E-state index in [1.165, 1.54) is 11.3 Å². The fraction of sp³-hybridized carbons (Fsp3) is 0.462. The Bertz CT molecular complexity index is 396. The van der Waals surface area contributed by atoms with E-state index in [4.69, 9.17) is 0 Å². The van der Waals surface area contributed by atoms with Crippen molar-refractivity contribution in [1.82, 2.24) is 0 Å². The molecule has 1 aliphatic heterocycles. The molecule has 0 bridgehead atoms. The summed E-state index contributed by atoms with van der Waals surface area (Å²) in [6, 6.07) is 6.37. The standard InChI is InChI=1S/C13H17NO/c1-13(2,9-15)11-4-5-12-10(8-11)6-7-14(12)3/h4-5,8-9H,6-7H2,1-3H3. The predicted octanol–water partition coefficient (Wildman–Crippen LogP) is 2.16. The minimum Gasteiger partial charge on any atom is -0.374 e. The number of hydrogen-bond donors (Lipinski definition) is 0. The van der Waals surface area contributed by atoms with Gasteiger partial charge in [0.1, 0.15) is 6.29 Å². The number of nitrogens with zero attached hydrogens (tertiary/aromatic N) is 1. The van der Waals surface area contributed by atoms with Gasteiger partial charge in [-0.15, -0.1) is 0 Å². The van der Waals surface area contributed by atoms with Gasteiger partial charge in [-0.25, -0.2) is 0 Å². The summed E-state index contributed by atoms with van der Waals surface area (Å²) in [4.78, 5) is 13.2. The number of carbonyl (C=O) groups is 1. The van der Waals surface area contributed by atoms with Crippen LogP contribution >= 0.6 is 0 Å². The van der Waals surface area contributed by atoms with Gasteiger partial charge in [0.05, 0.1) is 0 Å². The van der Waals surface area contributed by atoms with Gasteiger partial charge >= 0.3 is 0 Å². The molecule has 2 heteroatoms. The van der Waals surface area contributed by atoms with Crippen LogP contribution in [0.1, 0.15) is 25.0 Å². The number of likely N-dealkylation sites (N-methyl/N-ethyl adjacent to an activating group) is 1. The van der Waals surface area contributed by atoms with Crippen molar-refractivity contribution in [2.45, 2.75) is 25.7 Å². The van der Waals surface area contributed by atoms with Crippen molar-refractivity contribution >= 4 is 12.0 Å². The third-order valence-corrected chi connectivity index (χ3v) is 3.25. The Kier molecular flexibility index (Phi) is 2.29. The number of benzene rings is 1. The third kappa shape index (κ3) is 1.65. The number of rotatable bonds is 2. The van der Waals surface area contributed by atoms with Crippen LogP contribution in [0, 0.1) is 0 Å². The molecule has 0 aliphatic carbocycles. The quantitative estimate of drug-likeness (QED) is 0.686. The molecule has 0 aromatic heterocycles. The van der Waals surface area contributed by atoms with E-state index in [0.717, 1.165) is 24.8 Å². The van der Waals surface area contributed by atoms with E-state index < -0.39 is 0 Å². The van der Waals surface area contributed by atoms with Crippen LogP contribution in [0.4, 0.5) is 5.69 Å². The molecule has 0 amide bonds. The highest BCUT2D eigenvalue weighted by atomic mass is 16.1. The lowest BCUT2D eigenvalue weighted by Gasteiger charge is -2.19. The van der Waals surface area contributed by atoms with Crippen molar-refractivity contribution < 1.29 is 4.79 Å². The predicted molar refractivity (Wildman–Crippen MR) is 62.5 cm³/mol. The highest BCUT2D eigenvalue weighted by Gasteiger charge is 2.23. The van der Waals surface area contributed by atoms with Crippen LogP contribution in [0.3, 0.4) is 0 Å². The molecule has 2 rings (SSSR count). The Morgan fingerprint density at radius 3 is 2.80 bits per heavy atom. The number of aldehydes is 1. The number of anilines is 1. The smallest absolute Gasteiger partial charge is 0.129 e. The van der Waals surface area contributed by atoms with Gasteiger partial charge in [-0.3, -0.25) is 0 Å². The number of carbonyl (C=O) groups excluding carboxylic acids is 1. The summed E-state index contributed by atoms with van der Waals surface area (Å²) < 4.78 is 0. The second kappa shape index (κ2) is 3.37. The van der Waals surface area contributed by atoms with Crippen molar-refractivity contribution in [2.24, 2.45) is 0 Å².